The summed E-state index contributed by atoms with van der Waals surface area (Å²) in [5, 5.41) is 3.77. The molecule has 2 aromatic carbocycles. The van der Waals surface area contributed by atoms with Gasteiger partial charge < -0.3 is 4.74 Å². The van der Waals surface area contributed by atoms with Crippen LogP contribution in [0.25, 0.3) is 0 Å². The Hall–Kier alpha value is -3.06. The van der Waals surface area contributed by atoms with Gasteiger partial charge in [0.05, 0.1) is 16.8 Å². The van der Waals surface area contributed by atoms with Gasteiger partial charge in [0.25, 0.3) is 10.0 Å². The van der Waals surface area contributed by atoms with Crippen molar-refractivity contribution >= 4 is 10.0 Å². The predicted molar refractivity (Wildman–Crippen MR) is 102 cm³/mol. The second-order valence-electron chi connectivity index (χ2n) is 5.93. The highest BCUT2D eigenvalue weighted by Crippen LogP contribution is 2.15. The van der Waals surface area contributed by atoms with E-state index >= 15 is 0 Å². The second-order valence-corrected chi connectivity index (χ2v) is 7.51. The van der Waals surface area contributed by atoms with Crippen LogP contribution in [0.15, 0.2) is 87.5 Å². The molecule has 1 aromatic heterocycles. The van der Waals surface area contributed by atoms with E-state index in [0.717, 1.165) is 11.1 Å². The lowest BCUT2D eigenvalue weighted by molar-refractivity contribution is 0.305. The molecule has 7 heteroatoms. The van der Waals surface area contributed by atoms with E-state index in [-0.39, 0.29) is 11.4 Å². The van der Waals surface area contributed by atoms with Crippen molar-refractivity contribution in [1.82, 2.24) is 4.98 Å². The molecule has 0 unspecified atom stereocenters. The van der Waals surface area contributed by atoms with E-state index in [1.807, 2.05) is 37.3 Å². The molecule has 0 atom stereocenters. The van der Waals surface area contributed by atoms with Gasteiger partial charge in [0, 0.05) is 0 Å². The number of nitrogens with zero attached hydrogens (tertiary/aromatic N) is 3. The molecule has 0 aliphatic carbocycles. The standard InChI is InChI=1S/C20H19N3O3S/c1-16-7-11-20(12-8-16)27(24,25)23-22-13-18-9-10-19(14-21-18)26-15-17-5-3-2-4-6-17/h2-12,14H,13,15H2,1H3. The van der Waals surface area contributed by atoms with Crippen LogP contribution in [0.3, 0.4) is 0 Å². The molecule has 0 fully saturated rings. The molecular formula is C20H19N3O3S. The van der Waals surface area contributed by atoms with Crippen molar-refractivity contribution in [3.63, 3.8) is 0 Å². The Morgan fingerprint density at radius 1 is 0.963 bits per heavy atom. The van der Waals surface area contributed by atoms with Crippen LogP contribution in [0, 0.1) is 6.92 Å². The first-order chi connectivity index (χ1) is 13.0. The maximum Gasteiger partial charge on any atom is 0.299 e. The zero-order chi connectivity index (χ0) is 19.1. The molecule has 0 N–H and O–H groups in total. The van der Waals surface area contributed by atoms with Gasteiger partial charge in [0.1, 0.15) is 18.9 Å². The van der Waals surface area contributed by atoms with Crippen LogP contribution in [-0.2, 0) is 23.2 Å². The van der Waals surface area contributed by atoms with Gasteiger partial charge in [-0.1, -0.05) is 52.5 Å². The van der Waals surface area contributed by atoms with Crippen molar-refractivity contribution in [3.05, 3.63) is 89.7 Å². The van der Waals surface area contributed by atoms with Gasteiger partial charge in [0.2, 0.25) is 0 Å². The Morgan fingerprint density at radius 2 is 1.70 bits per heavy atom. The molecule has 3 aromatic rings. The molecule has 0 saturated heterocycles. The van der Waals surface area contributed by atoms with Crippen LogP contribution in [0.5, 0.6) is 5.75 Å². The van der Waals surface area contributed by atoms with Gasteiger partial charge in [-0.15, -0.1) is 0 Å². The van der Waals surface area contributed by atoms with Crippen molar-refractivity contribution in [2.24, 2.45) is 9.63 Å². The Labute approximate surface area is 158 Å². The maximum absolute atomic E-state index is 12.1. The van der Waals surface area contributed by atoms with Gasteiger partial charge in [0.15, 0.2) is 0 Å². The number of rotatable bonds is 7. The molecule has 0 amide bonds. The fourth-order valence-electron chi connectivity index (χ4n) is 2.27. The molecule has 6 nitrogen and oxygen atoms in total. The Balaban J connectivity index is 1.56. The second kappa shape index (κ2) is 8.55. The number of pyridine rings is 1. The van der Waals surface area contributed by atoms with Crippen LogP contribution in [-0.4, -0.2) is 13.4 Å². The van der Waals surface area contributed by atoms with Crippen LogP contribution in [0.1, 0.15) is 16.8 Å². The number of sulfonamides is 1. The van der Waals surface area contributed by atoms with Crippen LogP contribution >= 0.6 is 0 Å². The molecule has 0 spiro atoms. The first-order valence-electron chi connectivity index (χ1n) is 8.35. The summed E-state index contributed by atoms with van der Waals surface area (Å²) in [6.07, 6.45) is 1.59. The molecule has 3 rings (SSSR count). The van der Waals surface area contributed by atoms with Crippen LogP contribution < -0.4 is 4.74 Å². The van der Waals surface area contributed by atoms with E-state index in [4.69, 9.17) is 4.74 Å². The van der Waals surface area contributed by atoms with Crippen molar-refractivity contribution in [1.29, 1.82) is 0 Å². The normalized spacial score (nSPS) is 11.6. The third-order valence-corrected chi connectivity index (χ3v) is 4.96. The Morgan fingerprint density at radius 3 is 2.37 bits per heavy atom. The van der Waals surface area contributed by atoms with Gasteiger partial charge in [-0.2, -0.15) is 13.5 Å². The van der Waals surface area contributed by atoms with E-state index < -0.39 is 10.0 Å². The largest absolute Gasteiger partial charge is 0.487 e. The molecule has 27 heavy (non-hydrogen) atoms. The van der Waals surface area contributed by atoms with Gasteiger partial charge in [-0.25, -0.2) is 0 Å². The summed E-state index contributed by atoms with van der Waals surface area (Å²) in [5.74, 6) is 0.631. The smallest absolute Gasteiger partial charge is 0.299 e. The number of benzene rings is 2. The van der Waals surface area contributed by atoms with E-state index in [2.05, 4.69) is 14.6 Å². The summed E-state index contributed by atoms with van der Waals surface area (Å²) < 4.78 is 33.4. The molecule has 0 aliphatic rings. The number of hydrogen-bond donors (Lipinski definition) is 0. The summed E-state index contributed by atoms with van der Waals surface area (Å²) in [5.41, 5.74) is 2.64. The highest BCUT2D eigenvalue weighted by molar-refractivity contribution is 7.90. The third kappa shape index (κ3) is 5.46. The maximum atomic E-state index is 12.1. The van der Waals surface area contributed by atoms with Gasteiger partial charge in [-0.3, -0.25) is 4.98 Å². The molecule has 0 radical (unpaired) electrons. The lowest BCUT2D eigenvalue weighted by atomic mass is 10.2. The fraction of sp³-hybridized carbons (Fsp3) is 0.150. The van der Waals surface area contributed by atoms with Crippen molar-refractivity contribution in [3.8, 4) is 5.75 Å². The minimum Gasteiger partial charge on any atom is -0.487 e. The summed E-state index contributed by atoms with van der Waals surface area (Å²) in [6.45, 7) is 2.41. The lowest BCUT2D eigenvalue weighted by Gasteiger charge is -2.06. The SMILES string of the molecule is Cc1ccc(S(=O)(=O)N=NCc2ccc(OCc3ccccc3)cn2)cc1. The monoisotopic (exact) mass is 381 g/mol. The van der Waals surface area contributed by atoms with Crippen molar-refractivity contribution in [2.45, 2.75) is 25.0 Å². The zero-order valence-electron chi connectivity index (χ0n) is 14.8. The minimum absolute atomic E-state index is 0.0735. The van der Waals surface area contributed by atoms with Gasteiger partial charge in [-0.05, 0) is 36.8 Å². The van der Waals surface area contributed by atoms with E-state index in [0.29, 0.717) is 18.1 Å². The molecule has 0 bridgehead atoms. The van der Waals surface area contributed by atoms with E-state index in [1.54, 1.807) is 30.5 Å². The highest BCUT2D eigenvalue weighted by atomic mass is 32.2. The molecule has 0 saturated carbocycles. The summed E-state index contributed by atoms with van der Waals surface area (Å²) in [6, 6.07) is 19.8. The summed E-state index contributed by atoms with van der Waals surface area (Å²) >= 11 is 0. The molecule has 0 aliphatic heterocycles. The van der Waals surface area contributed by atoms with Crippen molar-refractivity contribution < 1.29 is 13.2 Å². The number of aromatic nitrogens is 1. The van der Waals surface area contributed by atoms with E-state index in [9.17, 15) is 8.42 Å². The number of ether oxygens (including phenoxy) is 1. The van der Waals surface area contributed by atoms with Crippen LogP contribution in [0.4, 0.5) is 0 Å². The van der Waals surface area contributed by atoms with E-state index in [1.165, 1.54) is 12.1 Å². The summed E-state index contributed by atoms with van der Waals surface area (Å²) in [7, 11) is -3.79. The zero-order valence-corrected chi connectivity index (χ0v) is 15.6. The Bertz CT molecular complexity index is 1000. The highest BCUT2D eigenvalue weighted by Gasteiger charge is 2.12. The van der Waals surface area contributed by atoms with Crippen molar-refractivity contribution in [2.75, 3.05) is 0 Å². The average Bonchev–Trinajstić information content (AvgIpc) is 2.68. The summed E-state index contributed by atoms with van der Waals surface area (Å²) in [4.78, 5) is 4.34. The number of aryl methyl sites for hydroxylation is 1. The third-order valence-electron chi connectivity index (χ3n) is 3.76. The number of hydrogen-bond acceptors (Lipinski definition) is 5. The van der Waals surface area contributed by atoms with Crippen LogP contribution in [0.2, 0.25) is 0 Å². The molecule has 138 valence electrons. The molecular weight excluding hydrogens is 362 g/mol. The average molecular weight is 381 g/mol. The quantitative estimate of drug-likeness (QED) is 0.571. The first-order valence-corrected chi connectivity index (χ1v) is 9.79. The predicted octanol–water partition coefficient (Wildman–Crippen LogP) is 4.31. The first kappa shape index (κ1) is 18.7. The lowest BCUT2D eigenvalue weighted by Crippen LogP contribution is -1.97. The molecule has 1 heterocycles. The minimum atomic E-state index is -3.79. The Kier molecular flexibility index (Phi) is 5.93. The fourth-order valence-corrected chi connectivity index (χ4v) is 3.05. The van der Waals surface area contributed by atoms with Gasteiger partial charge >= 0.3 is 0 Å². The topological polar surface area (TPSA) is 81.0 Å².